The Morgan fingerprint density at radius 2 is 2.20 bits per heavy atom. The lowest BCUT2D eigenvalue weighted by atomic mass is 10.1. The zero-order valence-electron chi connectivity index (χ0n) is 7.88. The minimum absolute atomic E-state index is 0.213. The first kappa shape index (κ1) is 9.79. The van der Waals surface area contributed by atoms with E-state index in [9.17, 15) is 4.79 Å². The minimum Gasteiger partial charge on any atom is -0.287 e. The van der Waals surface area contributed by atoms with Crippen molar-refractivity contribution in [1.29, 1.82) is 0 Å². The SMILES string of the molecule is Cn1ncc(Cl)c1C(=O)c1ccnnc1. The van der Waals surface area contributed by atoms with Gasteiger partial charge in [-0.15, -0.1) is 0 Å². The van der Waals surface area contributed by atoms with Crippen LogP contribution in [0.5, 0.6) is 0 Å². The highest BCUT2D eigenvalue weighted by Crippen LogP contribution is 2.17. The molecule has 0 aliphatic heterocycles. The van der Waals surface area contributed by atoms with Gasteiger partial charge in [0.1, 0.15) is 5.69 Å². The Kier molecular flexibility index (Phi) is 2.47. The maximum atomic E-state index is 11.9. The third-order valence-electron chi connectivity index (χ3n) is 1.96. The summed E-state index contributed by atoms with van der Waals surface area (Å²) in [6.45, 7) is 0. The summed E-state index contributed by atoms with van der Waals surface area (Å²) in [6, 6.07) is 1.58. The number of ketones is 1. The smallest absolute Gasteiger partial charge is 0.214 e. The molecule has 0 N–H and O–H groups in total. The third kappa shape index (κ3) is 1.73. The number of carbonyl (C=O) groups excluding carboxylic acids is 1. The molecule has 0 aromatic carbocycles. The lowest BCUT2D eigenvalue weighted by Gasteiger charge is -2.00. The molecule has 0 atom stereocenters. The van der Waals surface area contributed by atoms with E-state index in [0.717, 1.165) is 0 Å². The molecular weight excluding hydrogens is 216 g/mol. The van der Waals surface area contributed by atoms with Gasteiger partial charge in [-0.25, -0.2) is 0 Å². The van der Waals surface area contributed by atoms with Crippen LogP contribution in [0.15, 0.2) is 24.7 Å². The second-order valence-corrected chi connectivity index (χ2v) is 3.33. The molecule has 6 heteroatoms. The van der Waals surface area contributed by atoms with Crippen LogP contribution in [-0.2, 0) is 7.05 Å². The van der Waals surface area contributed by atoms with Crippen molar-refractivity contribution >= 4 is 17.4 Å². The van der Waals surface area contributed by atoms with Gasteiger partial charge in [0.25, 0.3) is 0 Å². The standard InChI is InChI=1S/C9H7ClN4O/c1-14-8(7(10)5-13-14)9(15)6-2-3-11-12-4-6/h2-5H,1H3. The van der Waals surface area contributed by atoms with Gasteiger partial charge in [0.05, 0.1) is 23.6 Å². The quantitative estimate of drug-likeness (QED) is 0.714. The summed E-state index contributed by atoms with van der Waals surface area (Å²) >= 11 is 5.85. The van der Waals surface area contributed by atoms with E-state index in [1.807, 2.05) is 0 Å². The highest BCUT2D eigenvalue weighted by atomic mass is 35.5. The maximum absolute atomic E-state index is 11.9. The van der Waals surface area contributed by atoms with Crippen molar-refractivity contribution < 1.29 is 4.79 Å². The summed E-state index contributed by atoms with van der Waals surface area (Å²) in [7, 11) is 1.66. The second kappa shape index (κ2) is 3.78. The van der Waals surface area contributed by atoms with E-state index in [2.05, 4.69) is 15.3 Å². The van der Waals surface area contributed by atoms with Crippen LogP contribution in [0.2, 0.25) is 5.02 Å². The van der Waals surface area contributed by atoms with E-state index in [4.69, 9.17) is 11.6 Å². The van der Waals surface area contributed by atoms with E-state index in [1.54, 1.807) is 13.1 Å². The number of carbonyl (C=O) groups is 1. The molecule has 0 fully saturated rings. The Morgan fingerprint density at radius 1 is 1.40 bits per heavy atom. The molecule has 76 valence electrons. The fourth-order valence-electron chi connectivity index (χ4n) is 1.23. The molecule has 0 aliphatic carbocycles. The van der Waals surface area contributed by atoms with Crippen LogP contribution in [0, 0.1) is 0 Å². The van der Waals surface area contributed by atoms with Crippen LogP contribution in [0.25, 0.3) is 0 Å². The molecule has 0 radical (unpaired) electrons. The van der Waals surface area contributed by atoms with Crippen LogP contribution < -0.4 is 0 Å². The molecule has 0 bridgehead atoms. The Morgan fingerprint density at radius 3 is 2.73 bits per heavy atom. The topological polar surface area (TPSA) is 60.7 Å². The van der Waals surface area contributed by atoms with Gasteiger partial charge in [0.15, 0.2) is 0 Å². The third-order valence-corrected chi connectivity index (χ3v) is 2.23. The Bertz CT molecular complexity index is 475. The largest absolute Gasteiger partial charge is 0.287 e. The van der Waals surface area contributed by atoms with E-state index in [-0.39, 0.29) is 5.78 Å². The maximum Gasteiger partial charge on any atom is 0.214 e. The van der Waals surface area contributed by atoms with E-state index in [1.165, 1.54) is 23.3 Å². The highest BCUT2D eigenvalue weighted by Gasteiger charge is 2.17. The van der Waals surface area contributed by atoms with Crippen molar-refractivity contribution in [3.8, 4) is 0 Å². The molecule has 15 heavy (non-hydrogen) atoms. The number of aryl methyl sites for hydroxylation is 1. The summed E-state index contributed by atoms with van der Waals surface area (Å²) in [5.74, 6) is -0.213. The molecule has 2 rings (SSSR count). The number of hydrogen-bond donors (Lipinski definition) is 0. The van der Waals surface area contributed by atoms with Crippen molar-refractivity contribution in [2.45, 2.75) is 0 Å². The molecule has 2 heterocycles. The molecule has 2 aromatic rings. The minimum atomic E-state index is -0.213. The first-order valence-electron chi connectivity index (χ1n) is 4.19. The molecule has 0 saturated heterocycles. The van der Waals surface area contributed by atoms with Gasteiger partial charge in [0.2, 0.25) is 5.78 Å². The van der Waals surface area contributed by atoms with Gasteiger partial charge >= 0.3 is 0 Å². The Labute approximate surface area is 90.7 Å². The molecule has 0 amide bonds. The number of aromatic nitrogens is 4. The monoisotopic (exact) mass is 222 g/mol. The summed E-state index contributed by atoms with van der Waals surface area (Å²) in [5.41, 5.74) is 0.792. The van der Waals surface area contributed by atoms with Crippen LogP contribution in [0.4, 0.5) is 0 Å². The Balaban J connectivity index is 2.46. The van der Waals surface area contributed by atoms with Crippen molar-refractivity contribution in [3.63, 3.8) is 0 Å². The molecule has 0 saturated carbocycles. The van der Waals surface area contributed by atoms with Crippen LogP contribution in [0.1, 0.15) is 16.1 Å². The van der Waals surface area contributed by atoms with Gasteiger partial charge in [-0.05, 0) is 6.07 Å². The van der Waals surface area contributed by atoms with Crippen LogP contribution in [0.3, 0.4) is 0 Å². The van der Waals surface area contributed by atoms with Crippen molar-refractivity contribution in [1.82, 2.24) is 20.0 Å². The molecule has 0 unspecified atom stereocenters. The second-order valence-electron chi connectivity index (χ2n) is 2.92. The Hall–Kier alpha value is -1.75. The van der Waals surface area contributed by atoms with Crippen molar-refractivity contribution in [2.24, 2.45) is 7.05 Å². The predicted molar refractivity (Wildman–Crippen MR) is 53.7 cm³/mol. The molecule has 2 aromatic heterocycles. The van der Waals surface area contributed by atoms with Crippen molar-refractivity contribution in [3.05, 3.63) is 40.9 Å². The van der Waals surface area contributed by atoms with Gasteiger partial charge in [-0.1, -0.05) is 11.6 Å². The first-order chi connectivity index (χ1) is 7.20. The van der Waals surface area contributed by atoms with E-state index >= 15 is 0 Å². The van der Waals surface area contributed by atoms with Gasteiger partial charge in [-0.2, -0.15) is 15.3 Å². The van der Waals surface area contributed by atoms with E-state index < -0.39 is 0 Å². The number of hydrogen-bond acceptors (Lipinski definition) is 4. The van der Waals surface area contributed by atoms with Gasteiger partial charge < -0.3 is 0 Å². The summed E-state index contributed by atoms with van der Waals surface area (Å²) in [5, 5.41) is 11.5. The fourth-order valence-corrected chi connectivity index (χ4v) is 1.48. The average molecular weight is 223 g/mol. The normalized spacial score (nSPS) is 10.3. The number of rotatable bonds is 2. The van der Waals surface area contributed by atoms with Crippen LogP contribution >= 0.6 is 11.6 Å². The fraction of sp³-hybridized carbons (Fsp3) is 0.111. The summed E-state index contributed by atoms with van der Waals surface area (Å²) < 4.78 is 1.44. The molecular formula is C9H7ClN4O. The van der Waals surface area contributed by atoms with Gasteiger partial charge in [-0.3, -0.25) is 9.48 Å². The molecule has 0 spiro atoms. The predicted octanol–water partition coefficient (Wildman–Crippen LogP) is 1.09. The van der Waals surface area contributed by atoms with Gasteiger partial charge in [0, 0.05) is 12.6 Å². The lowest BCUT2D eigenvalue weighted by molar-refractivity contribution is 0.103. The summed E-state index contributed by atoms with van der Waals surface area (Å²) in [6.07, 6.45) is 4.28. The summed E-state index contributed by atoms with van der Waals surface area (Å²) in [4.78, 5) is 11.9. The number of halogens is 1. The van der Waals surface area contributed by atoms with Crippen LogP contribution in [-0.4, -0.2) is 25.8 Å². The highest BCUT2D eigenvalue weighted by molar-refractivity contribution is 6.34. The van der Waals surface area contributed by atoms with Crippen molar-refractivity contribution in [2.75, 3.05) is 0 Å². The zero-order valence-corrected chi connectivity index (χ0v) is 8.64. The zero-order chi connectivity index (χ0) is 10.8. The average Bonchev–Trinajstić information content (AvgIpc) is 2.59. The first-order valence-corrected chi connectivity index (χ1v) is 4.57. The molecule has 5 nitrogen and oxygen atoms in total. The van der Waals surface area contributed by atoms with E-state index in [0.29, 0.717) is 16.3 Å². The number of nitrogens with zero attached hydrogens (tertiary/aromatic N) is 4. The molecule has 0 aliphatic rings. The lowest BCUT2D eigenvalue weighted by Crippen LogP contribution is -2.09.